The Morgan fingerprint density at radius 1 is 1.36 bits per heavy atom. The number of nitrogens with one attached hydrogen (secondary N) is 1. The van der Waals surface area contributed by atoms with E-state index in [2.05, 4.69) is 9.97 Å². The summed E-state index contributed by atoms with van der Waals surface area (Å²) in [6.07, 6.45) is 2.11. The van der Waals surface area contributed by atoms with Crippen LogP contribution in [0.3, 0.4) is 0 Å². The SMILES string of the molecule is CC(C)(C)c1nc2c(o1)CCN(C(=O)c1ccc(=O)[nH]c1)C2. The molecule has 1 aliphatic heterocycles. The van der Waals surface area contributed by atoms with Gasteiger partial charge in [0, 0.05) is 30.6 Å². The largest absolute Gasteiger partial charge is 0.445 e. The molecule has 0 saturated heterocycles. The quantitative estimate of drug-likeness (QED) is 0.872. The Kier molecular flexibility index (Phi) is 3.39. The number of fused-ring (bicyclic) bond motifs is 1. The van der Waals surface area contributed by atoms with Gasteiger partial charge in [-0.3, -0.25) is 9.59 Å². The number of carbonyl (C=O) groups is 1. The number of amides is 1. The predicted molar refractivity (Wildman–Crippen MR) is 80.7 cm³/mol. The Bertz CT molecular complexity index is 747. The summed E-state index contributed by atoms with van der Waals surface area (Å²) in [7, 11) is 0. The maximum Gasteiger partial charge on any atom is 0.255 e. The number of aromatic amines is 1. The van der Waals surface area contributed by atoms with Gasteiger partial charge in [-0.05, 0) is 6.07 Å². The van der Waals surface area contributed by atoms with Crippen molar-refractivity contribution in [3.05, 3.63) is 51.6 Å². The van der Waals surface area contributed by atoms with Crippen LogP contribution in [0.1, 0.15) is 48.5 Å². The number of pyridine rings is 1. The summed E-state index contributed by atoms with van der Waals surface area (Å²) in [6, 6.07) is 2.90. The van der Waals surface area contributed by atoms with E-state index in [0.29, 0.717) is 31.0 Å². The Labute approximate surface area is 128 Å². The molecule has 3 heterocycles. The predicted octanol–water partition coefficient (Wildman–Crippen LogP) is 1.86. The zero-order valence-electron chi connectivity index (χ0n) is 13.0. The van der Waals surface area contributed by atoms with E-state index in [4.69, 9.17) is 4.42 Å². The first kappa shape index (κ1) is 14.6. The molecule has 0 aromatic carbocycles. The summed E-state index contributed by atoms with van der Waals surface area (Å²) >= 11 is 0. The first-order valence-electron chi connectivity index (χ1n) is 7.31. The third-order valence-electron chi connectivity index (χ3n) is 3.69. The molecule has 1 aliphatic rings. The van der Waals surface area contributed by atoms with E-state index < -0.39 is 0 Å². The second kappa shape index (κ2) is 5.12. The minimum atomic E-state index is -0.219. The lowest BCUT2D eigenvalue weighted by Crippen LogP contribution is -2.36. The maximum absolute atomic E-state index is 12.5. The molecule has 0 radical (unpaired) electrons. The van der Waals surface area contributed by atoms with Gasteiger partial charge in [-0.25, -0.2) is 4.98 Å². The highest BCUT2D eigenvalue weighted by Gasteiger charge is 2.29. The fourth-order valence-corrected chi connectivity index (χ4v) is 2.42. The van der Waals surface area contributed by atoms with E-state index in [1.807, 2.05) is 20.8 Å². The van der Waals surface area contributed by atoms with E-state index in [1.54, 1.807) is 11.0 Å². The molecular weight excluding hydrogens is 282 g/mol. The summed E-state index contributed by atoms with van der Waals surface area (Å²) in [4.78, 5) is 32.3. The van der Waals surface area contributed by atoms with Crippen molar-refractivity contribution in [2.24, 2.45) is 0 Å². The van der Waals surface area contributed by atoms with Crippen LogP contribution in [0.25, 0.3) is 0 Å². The van der Waals surface area contributed by atoms with Gasteiger partial charge in [0.2, 0.25) is 5.56 Å². The molecule has 0 saturated carbocycles. The lowest BCUT2D eigenvalue weighted by Gasteiger charge is -2.25. The fourth-order valence-electron chi connectivity index (χ4n) is 2.42. The van der Waals surface area contributed by atoms with Gasteiger partial charge < -0.3 is 14.3 Å². The van der Waals surface area contributed by atoms with Gasteiger partial charge in [0.05, 0.1) is 12.1 Å². The first-order valence-corrected chi connectivity index (χ1v) is 7.31. The molecule has 0 bridgehead atoms. The van der Waals surface area contributed by atoms with Gasteiger partial charge in [0.15, 0.2) is 5.89 Å². The van der Waals surface area contributed by atoms with Crippen LogP contribution in [0, 0.1) is 0 Å². The summed E-state index contributed by atoms with van der Waals surface area (Å²) in [5.74, 6) is 1.47. The fraction of sp³-hybridized carbons (Fsp3) is 0.438. The van der Waals surface area contributed by atoms with Gasteiger partial charge in [0.1, 0.15) is 11.5 Å². The van der Waals surface area contributed by atoms with Gasteiger partial charge in [-0.15, -0.1) is 0 Å². The number of rotatable bonds is 1. The van der Waals surface area contributed by atoms with Crippen molar-refractivity contribution < 1.29 is 9.21 Å². The van der Waals surface area contributed by atoms with Crippen molar-refractivity contribution in [1.82, 2.24) is 14.9 Å². The van der Waals surface area contributed by atoms with Crippen molar-refractivity contribution in [3.63, 3.8) is 0 Å². The number of oxazole rings is 1. The smallest absolute Gasteiger partial charge is 0.255 e. The van der Waals surface area contributed by atoms with Gasteiger partial charge in [-0.1, -0.05) is 20.8 Å². The summed E-state index contributed by atoms with van der Waals surface area (Å²) < 4.78 is 5.82. The van der Waals surface area contributed by atoms with E-state index >= 15 is 0 Å². The third kappa shape index (κ3) is 2.68. The number of hydrogen-bond acceptors (Lipinski definition) is 4. The molecule has 116 valence electrons. The van der Waals surface area contributed by atoms with Gasteiger partial charge >= 0.3 is 0 Å². The molecule has 2 aromatic rings. The second-order valence-electron chi connectivity index (χ2n) is 6.56. The third-order valence-corrected chi connectivity index (χ3v) is 3.69. The number of H-pyrrole nitrogens is 1. The molecule has 22 heavy (non-hydrogen) atoms. The van der Waals surface area contributed by atoms with Crippen LogP contribution in [0.2, 0.25) is 0 Å². The highest BCUT2D eigenvalue weighted by molar-refractivity contribution is 5.93. The van der Waals surface area contributed by atoms with E-state index in [9.17, 15) is 9.59 Å². The highest BCUT2D eigenvalue weighted by atomic mass is 16.4. The van der Waals surface area contributed by atoms with E-state index in [-0.39, 0.29) is 16.9 Å². The minimum Gasteiger partial charge on any atom is -0.445 e. The second-order valence-corrected chi connectivity index (χ2v) is 6.56. The molecule has 0 atom stereocenters. The average molecular weight is 301 g/mol. The van der Waals surface area contributed by atoms with Crippen molar-refractivity contribution in [1.29, 1.82) is 0 Å². The minimum absolute atomic E-state index is 0.109. The molecule has 0 fully saturated rings. The van der Waals surface area contributed by atoms with Crippen LogP contribution in [-0.4, -0.2) is 27.3 Å². The highest BCUT2D eigenvalue weighted by Crippen LogP contribution is 2.27. The van der Waals surface area contributed by atoms with Crippen LogP contribution in [0.4, 0.5) is 0 Å². The molecular formula is C16H19N3O3. The summed E-state index contributed by atoms with van der Waals surface area (Å²) in [5, 5.41) is 0. The van der Waals surface area contributed by atoms with E-state index in [1.165, 1.54) is 12.3 Å². The Morgan fingerprint density at radius 3 is 2.77 bits per heavy atom. The molecule has 3 rings (SSSR count). The van der Waals surface area contributed by atoms with E-state index in [0.717, 1.165) is 11.5 Å². The summed E-state index contributed by atoms with van der Waals surface area (Å²) in [6.45, 7) is 7.17. The maximum atomic E-state index is 12.5. The van der Waals surface area contributed by atoms with Crippen LogP contribution in [0.5, 0.6) is 0 Å². The summed E-state index contributed by atoms with van der Waals surface area (Å²) in [5.41, 5.74) is 0.936. The lowest BCUT2D eigenvalue weighted by atomic mass is 9.97. The lowest BCUT2D eigenvalue weighted by molar-refractivity contribution is 0.0727. The molecule has 1 amide bonds. The molecule has 2 aromatic heterocycles. The normalized spacial score (nSPS) is 14.8. The monoisotopic (exact) mass is 301 g/mol. The molecule has 0 spiro atoms. The molecule has 1 N–H and O–H groups in total. The zero-order valence-corrected chi connectivity index (χ0v) is 13.0. The topological polar surface area (TPSA) is 79.2 Å². The molecule has 0 unspecified atom stereocenters. The van der Waals surface area contributed by atoms with Crippen LogP contribution in [-0.2, 0) is 18.4 Å². The molecule has 6 heteroatoms. The first-order chi connectivity index (χ1) is 10.3. The Morgan fingerprint density at radius 2 is 2.14 bits per heavy atom. The van der Waals surface area contributed by atoms with Crippen molar-refractivity contribution in [2.75, 3.05) is 6.54 Å². The van der Waals surface area contributed by atoms with Crippen molar-refractivity contribution >= 4 is 5.91 Å². The number of nitrogens with zero attached hydrogens (tertiary/aromatic N) is 2. The molecule has 0 aliphatic carbocycles. The van der Waals surface area contributed by atoms with Crippen LogP contribution < -0.4 is 5.56 Å². The molecule has 6 nitrogen and oxygen atoms in total. The van der Waals surface area contributed by atoms with Crippen molar-refractivity contribution in [3.8, 4) is 0 Å². The number of aromatic nitrogens is 2. The van der Waals surface area contributed by atoms with Crippen LogP contribution in [0.15, 0.2) is 27.5 Å². The van der Waals surface area contributed by atoms with Crippen molar-refractivity contribution in [2.45, 2.75) is 39.2 Å². The van der Waals surface area contributed by atoms with Crippen LogP contribution >= 0.6 is 0 Å². The number of hydrogen-bond donors (Lipinski definition) is 1. The zero-order chi connectivity index (χ0) is 15.9. The average Bonchev–Trinajstić information content (AvgIpc) is 2.90. The Hall–Kier alpha value is -2.37. The number of carbonyl (C=O) groups excluding carboxylic acids is 1. The Balaban J connectivity index is 1.82. The van der Waals surface area contributed by atoms with Gasteiger partial charge in [0.25, 0.3) is 5.91 Å². The standard InChI is InChI=1S/C16H19N3O3/c1-16(2,3)15-18-11-9-19(7-6-12(11)22-15)14(21)10-4-5-13(20)17-8-10/h4-5,8H,6-7,9H2,1-3H3,(H,17,20). The van der Waals surface area contributed by atoms with Gasteiger partial charge in [-0.2, -0.15) is 0 Å².